The van der Waals surface area contributed by atoms with Crippen molar-refractivity contribution in [3.05, 3.63) is 279 Å². The summed E-state index contributed by atoms with van der Waals surface area (Å²) < 4.78 is 6.27. The fourth-order valence-electron chi connectivity index (χ4n) is 12.9. The third kappa shape index (κ3) is 6.88. The zero-order valence-electron chi connectivity index (χ0n) is 42.0. The summed E-state index contributed by atoms with van der Waals surface area (Å²) in [6, 6.07) is 103. The number of hydrogen-bond donors (Lipinski definition) is 0. The Hall–Kier alpha value is -10.1. The molecular weight excluding hydrogens is 929 g/mol. The third-order valence-electron chi connectivity index (χ3n) is 16.4. The zero-order chi connectivity index (χ0) is 50.6. The van der Waals surface area contributed by atoms with E-state index >= 15 is 0 Å². The van der Waals surface area contributed by atoms with Crippen LogP contribution < -0.4 is 0 Å². The van der Waals surface area contributed by atoms with Crippen molar-refractivity contribution in [3.8, 4) is 66.8 Å². The molecule has 0 unspecified atom stereocenters. The summed E-state index contributed by atoms with van der Waals surface area (Å²) in [6.07, 6.45) is 0. The second-order valence-corrected chi connectivity index (χ2v) is 20.6. The highest BCUT2D eigenvalue weighted by Gasteiger charge is 2.21. The molecule has 77 heavy (non-hydrogen) atoms. The molecule has 0 atom stereocenters. The zero-order valence-corrected chi connectivity index (χ0v) is 42.0. The van der Waals surface area contributed by atoms with Crippen molar-refractivity contribution >= 4 is 97.3 Å². The van der Waals surface area contributed by atoms with Gasteiger partial charge in [0, 0.05) is 10.8 Å². The van der Waals surface area contributed by atoms with Crippen LogP contribution in [0.5, 0.6) is 0 Å². The SMILES string of the molecule is c1ccc2cc(-c3ccc(-c4c5ccccc5c(-c5cccc6cc(-c7ccc8c(-c9c%10ccccc%10c(-c%10ccc%11oc%12ccccc%12c%11c%10)c%10ccccc9%10)cccc8c7)ccc56)c5ccccc45)cc3)ccc2c1. The Labute approximate surface area is 445 Å². The van der Waals surface area contributed by atoms with Crippen LogP contribution in [0.3, 0.4) is 0 Å². The molecule has 0 aliphatic rings. The monoisotopic (exact) mass is 974 g/mol. The number of rotatable bonds is 6. The van der Waals surface area contributed by atoms with Crippen molar-refractivity contribution in [1.29, 1.82) is 0 Å². The Balaban J connectivity index is 0.792. The first-order valence-corrected chi connectivity index (χ1v) is 26.6. The van der Waals surface area contributed by atoms with E-state index in [-0.39, 0.29) is 0 Å². The van der Waals surface area contributed by atoms with Crippen molar-refractivity contribution in [2.24, 2.45) is 0 Å². The molecule has 1 nitrogen and oxygen atoms in total. The van der Waals surface area contributed by atoms with Gasteiger partial charge in [-0.25, -0.2) is 0 Å². The van der Waals surface area contributed by atoms with Gasteiger partial charge in [0.25, 0.3) is 0 Å². The average Bonchev–Trinajstić information content (AvgIpc) is 3.94. The lowest BCUT2D eigenvalue weighted by Crippen LogP contribution is -1.92. The average molecular weight is 975 g/mol. The van der Waals surface area contributed by atoms with Gasteiger partial charge < -0.3 is 4.42 Å². The number of furan rings is 1. The van der Waals surface area contributed by atoms with Crippen LogP contribution in [0, 0.1) is 0 Å². The summed E-state index contributed by atoms with van der Waals surface area (Å²) in [5.74, 6) is 0. The Morgan fingerprint density at radius 3 is 1.08 bits per heavy atom. The van der Waals surface area contributed by atoms with Gasteiger partial charge >= 0.3 is 0 Å². The maximum Gasteiger partial charge on any atom is 0.135 e. The van der Waals surface area contributed by atoms with Crippen molar-refractivity contribution in [2.75, 3.05) is 0 Å². The highest BCUT2D eigenvalue weighted by Crippen LogP contribution is 2.49. The maximum absolute atomic E-state index is 6.27. The molecule has 0 amide bonds. The molecular formula is C76H46O. The summed E-state index contributed by atoms with van der Waals surface area (Å²) in [4.78, 5) is 0. The number of benzene rings is 15. The van der Waals surface area contributed by atoms with E-state index in [2.05, 4.69) is 273 Å². The van der Waals surface area contributed by atoms with Crippen LogP contribution in [0.25, 0.3) is 164 Å². The van der Waals surface area contributed by atoms with Gasteiger partial charge in [0.1, 0.15) is 11.2 Å². The summed E-state index contributed by atoms with van der Waals surface area (Å²) in [5.41, 5.74) is 16.6. The standard InChI is InChI=1S/C76H46O/c1-2-16-50-43-51(36-33-47(50)15-1)48-31-34-49(35-32-48)73-62-20-3-7-24-66(62)75(67-25-8-4-21-63(67)73)60-28-13-17-54-44-52(37-40-57(54)60)53-38-41-58-55(45-53)18-14-29-61(58)76-68-26-9-5-22-64(68)74(65-23-6-10-27-69(65)76)56-39-42-72-70(46-56)59-19-11-12-30-71(59)77-72/h1-46H. The molecule has 1 heteroatoms. The van der Waals surface area contributed by atoms with Gasteiger partial charge in [-0.05, 0) is 179 Å². The van der Waals surface area contributed by atoms with E-state index in [9.17, 15) is 0 Å². The molecule has 0 aliphatic heterocycles. The van der Waals surface area contributed by atoms with E-state index in [1.54, 1.807) is 0 Å². The predicted molar refractivity (Wildman–Crippen MR) is 329 cm³/mol. The first-order chi connectivity index (χ1) is 38.2. The minimum Gasteiger partial charge on any atom is -0.456 e. The summed E-state index contributed by atoms with van der Waals surface area (Å²) >= 11 is 0. The molecule has 16 rings (SSSR count). The lowest BCUT2D eigenvalue weighted by Gasteiger charge is -2.19. The van der Waals surface area contributed by atoms with Gasteiger partial charge in [-0.1, -0.05) is 243 Å². The molecule has 0 saturated carbocycles. The van der Waals surface area contributed by atoms with Crippen LogP contribution in [-0.2, 0) is 0 Å². The topological polar surface area (TPSA) is 13.1 Å². The molecule has 0 fully saturated rings. The van der Waals surface area contributed by atoms with Crippen molar-refractivity contribution in [3.63, 3.8) is 0 Å². The quantitative estimate of drug-likeness (QED) is 0.151. The van der Waals surface area contributed by atoms with E-state index in [1.807, 2.05) is 6.07 Å². The lowest BCUT2D eigenvalue weighted by molar-refractivity contribution is 0.669. The molecule has 0 aliphatic carbocycles. The minimum absolute atomic E-state index is 0.906. The van der Waals surface area contributed by atoms with Gasteiger partial charge in [-0.3, -0.25) is 0 Å². The number of para-hydroxylation sites is 1. The van der Waals surface area contributed by atoms with Crippen LogP contribution in [0.4, 0.5) is 0 Å². The molecule has 0 N–H and O–H groups in total. The molecule has 0 spiro atoms. The summed E-state index contributed by atoms with van der Waals surface area (Å²) in [6.45, 7) is 0. The highest BCUT2D eigenvalue weighted by atomic mass is 16.3. The van der Waals surface area contributed by atoms with Crippen molar-refractivity contribution < 1.29 is 4.42 Å². The second kappa shape index (κ2) is 17.2. The van der Waals surface area contributed by atoms with Crippen molar-refractivity contribution in [2.45, 2.75) is 0 Å². The Morgan fingerprint density at radius 1 is 0.169 bits per heavy atom. The lowest BCUT2D eigenvalue weighted by atomic mass is 9.84. The molecule has 1 aromatic heterocycles. The van der Waals surface area contributed by atoms with Crippen molar-refractivity contribution in [1.82, 2.24) is 0 Å². The van der Waals surface area contributed by atoms with E-state index < -0.39 is 0 Å². The van der Waals surface area contributed by atoms with Crippen LogP contribution in [-0.4, -0.2) is 0 Å². The van der Waals surface area contributed by atoms with E-state index in [4.69, 9.17) is 4.42 Å². The summed E-state index contributed by atoms with van der Waals surface area (Å²) in [7, 11) is 0. The maximum atomic E-state index is 6.27. The van der Waals surface area contributed by atoms with Crippen LogP contribution in [0.2, 0.25) is 0 Å². The molecule has 1 heterocycles. The van der Waals surface area contributed by atoms with Gasteiger partial charge in [0.2, 0.25) is 0 Å². The Morgan fingerprint density at radius 2 is 0.532 bits per heavy atom. The first kappa shape index (κ1) is 43.3. The van der Waals surface area contributed by atoms with Crippen LogP contribution >= 0.6 is 0 Å². The second-order valence-electron chi connectivity index (χ2n) is 20.6. The van der Waals surface area contributed by atoms with E-state index in [0.29, 0.717) is 0 Å². The molecule has 15 aromatic carbocycles. The van der Waals surface area contributed by atoms with Gasteiger partial charge in [-0.2, -0.15) is 0 Å². The van der Waals surface area contributed by atoms with Gasteiger partial charge in [0.15, 0.2) is 0 Å². The largest absolute Gasteiger partial charge is 0.456 e. The Bertz CT molecular complexity index is 4980. The smallest absolute Gasteiger partial charge is 0.135 e. The fraction of sp³-hybridized carbons (Fsp3) is 0. The molecule has 0 radical (unpaired) electrons. The molecule has 356 valence electrons. The number of fused-ring (bicyclic) bond motifs is 10. The van der Waals surface area contributed by atoms with Gasteiger partial charge in [-0.15, -0.1) is 0 Å². The highest BCUT2D eigenvalue weighted by molar-refractivity contribution is 6.26. The first-order valence-electron chi connectivity index (χ1n) is 26.6. The van der Waals surface area contributed by atoms with E-state index in [1.165, 1.54) is 142 Å². The van der Waals surface area contributed by atoms with E-state index in [0.717, 1.165) is 21.9 Å². The van der Waals surface area contributed by atoms with Gasteiger partial charge in [0.05, 0.1) is 0 Å². The molecule has 0 saturated heterocycles. The third-order valence-corrected chi connectivity index (χ3v) is 16.4. The predicted octanol–water partition coefficient (Wildman–Crippen LogP) is 21.7. The Kier molecular flexibility index (Phi) is 9.71. The van der Waals surface area contributed by atoms with Crippen LogP contribution in [0.15, 0.2) is 283 Å². The number of hydrogen-bond acceptors (Lipinski definition) is 1. The van der Waals surface area contributed by atoms with Crippen LogP contribution in [0.1, 0.15) is 0 Å². The molecule has 16 aromatic rings. The fourth-order valence-corrected chi connectivity index (χ4v) is 12.9. The minimum atomic E-state index is 0.906. The summed E-state index contributed by atoms with van der Waals surface area (Å²) in [5, 5.41) is 19.6. The molecule has 0 bridgehead atoms. The normalized spacial score (nSPS) is 11.9.